The molecule has 2 N–H and O–H groups in total. The first-order valence-corrected chi connectivity index (χ1v) is 10.5. The van der Waals surface area contributed by atoms with Crippen LogP contribution in [0.15, 0.2) is 29.2 Å². The van der Waals surface area contributed by atoms with Gasteiger partial charge in [0.05, 0.1) is 12.6 Å². The number of hydrogen-bond donors (Lipinski definition) is 2. The number of hydrogen-bond acceptors (Lipinski definition) is 6. The van der Waals surface area contributed by atoms with Crippen LogP contribution in [-0.2, 0) is 11.3 Å². The van der Waals surface area contributed by atoms with E-state index in [1.165, 1.54) is 16.9 Å². The number of amides is 2. The standard InChI is InChI=1S/C22H24F2N4O5/c1-12-3-6-15(10-33-2)28-11-26(12)22(32)18-20(30)19(29)16(9-27(18)28)21(31)25-8-13-4-5-14(23)7-17(13)24/h4-5,7,9,12,15,30H,3,6,8,10-11H2,1-2H3,(H,25,31)/t12-,15-/m0/s1. The zero-order valence-corrected chi connectivity index (χ0v) is 18.2. The summed E-state index contributed by atoms with van der Waals surface area (Å²) < 4.78 is 33.6. The highest BCUT2D eigenvalue weighted by Crippen LogP contribution is 2.29. The van der Waals surface area contributed by atoms with Gasteiger partial charge in [-0.25, -0.2) is 8.78 Å². The van der Waals surface area contributed by atoms with Gasteiger partial charge in [-0.15, -0.1) is 0 Å². The smallest absolute Gasteiger partial charge is 0.278 e. The molecule has 2 aliphatic rings. The number of halogens is 2. The molecule has 2 bridgehead atoms. The number of aromatic hydroxyl groups is 1. The van der Waals surface area contributed by atoms with Crippen LogP contribution in [0, 0.1) is 11.6 Å². The summed E-state index contributed by atoms with van der Waals surface area (Å²) in [5, 5.41) is 14.8. The summed E-state index contributed by atoms with van der Waals surface area (Å²) >= 11 is 0. The third kappa shape index (κ3) is 4.04. The van der Waals surface area contributed by atoms with E-state index in [2.05, 4.69) is 5.32 Å². The average Bonchev–Trinajstić information content (AvgIpc) is 2.91. The van der Waals surface area contributed by atoms with E-state index in [-0.39, 0.29) is 36.6 Å². The molecule has 33 heavy (non-hydrogen) atoms. The molecule has 9 nitrogen and oxygen atoms in total. The highest BCUT2D eigenvalue weighted by Gasteiger charge is 2.40. The molecule has 2 aromatic rings. The second-order valence-corrected chi connectivity index (χ2v) is 8.22. The van der Waals surface area contributed by atoms with Crippen LogP contribution in [0.1, 0.15) is 46.2 Å². The van der Waals surface area contributed by atoms with Crippen LogP contribution in [0.5, 0.6) is 5.75 Å². The molecule has 176 valence electrons. The Morgan fingerprint density at radius 3 is 2.73 bits per heavy atom. The molecule has 11 heteroatoms. The van der Waals surface area contributed by atoms with Crippen LogP contribution < -0.4 is 15.8 Å². The number of nitrogens with one attached hydrogen (secondary N) is 1. The third-order valence-corrected chi connectivity index (χ3v) is 6.13. The van der Waals surface area contributed by atoms with Crippen LogP contribution >= 0.6 is 0 Å². The normalized spacial score (nSPS) is 19.8. The number of rotatable bonds is 5. The quantitative estimate of drug-likeness (QED) is 0.695. The fourth-order valence-corrected chi connectivity index (χ4v) is 4.24. The molecule has 2 amide bonds. The number of carbonyl (C=O) groups excluding carboxylic acids is 2. The van der Waals surface area contributed by atoms with Gasteiger partial charge in [0, 0.05) is 37.5 Å². The lowest BCUT2D eigenvalue weighted by Gasteiger charge is -2.42. The number of pyridine rings is 1. The SMILES string of the molecule is COC[C@@H]1CC[C@H](C)N2CN1n1cc(C(=O)NCc3ccc(F)cc3F)c(=O)c(O)c1C2=O. The zero-order chi connectivity index (χ0) is 23.9. The van der Waals surface area contributed by atoms with Gasteiger partial charge < -0.3 is 20.1 Å². The summed E-state index contributed by atoms with van der Waals surface area (Å²) in [6.45, 7) is 2.14. The molecule has 0 unspecified atom stereocenters. The van der Waals surface area contributed by atoms with E-state index < -0.39 is 40.2 Å². The Kier molecular flexibility index (Phi) is 6.07. The maximum Gasteiger partial charge on any atom is 0.278 e. The minimum absolute atomic E-state index is 0.0273. The van der Waals surface area contributed by atoms with E-state index in [9.17, 15) is 28.3 Å². The van der Waals surface area contributed by atoms with Gasteiger partial charge in [-0.3, -0.25) is 24.1 Å². The molecule has 4 rings (SSSR count). The number of aromatic nitrogens is 1. The average molecular weight is 462 g/mol. The molecule has 0 spiro atoms. The van der Waals surface area contributed by atoms with Gasteiger partial charge in [0.2, 0.25) is 5.43 Å². The van der Waals surface area contributed by atoms with Gasteiger partial charge in [0.1, 0.15) is 23.9 Å². The van der Waals surface area contributed by atoms with Crippen LogP contribution in [0.2, 0.25) is 0 Å². The lowest BCUT2D eigenvalue weighted by molar-refractivity contribution is 0.0617. The van der Waals surface area contributed by atoms with Gasteiger partial charge in [0.25, 0.3) is 11.8 Å². The Balaban J connectivity index is 1.71. The Bertz CT molecular complexity index is 1170. The minimum atomic E-state index is -1.01. The van der Waals surface area contributed by atoms with Crippen molar-refractivity contribution >= 4 is 11.8 Å². The predicted molar refractivity (Wildman–Crippen MR) is 114 cm³/mol. The first-order chi connectivity index (χ1) is 15.7. The van der Waals surface area contributed by atoms with Crippen molar-refractivity contribution in [1.82, 2.24) is 14.9 Å². The second kappa shape index (κ2) is 8.81. The first kappa shape index (κ1) is 22.7. The third-order valence-electron chi connectivity index (χ3n) is 6.13. The van der Waals surface area contributed by atoms with Crippen LogP contribution in [-0.4, -0.2) is 59.0 Å². The molecule has 1 aromatic heterocycles. The summed E-state index contributed by atoms with van der Waals surface area (Å²) in [5.74, 6) is -3.80. The Labute approximate surface area is 188 Å². The predicted octanol–water partition coefficient (Wildman–Crippen LogP) is 1.31. The molecule has 2 atom stereocenters. The van der Waals surface area contributed by atoms with E-state index in [1.807, 2.05) is 6.92 Å². The highest BCUT2D eigenvalue weighted by molar-refractivity contribution is 5.99. The largest absolute Gasteiger partial charge is 0.502 e. The molecule has 0 aliphatic carbocycles. The molecule has 0 saturated carbocycles. The van der Waals surface area contributed by atoms with Crippen LogP contribution in [0.4, 0.5) is 8.78 Å². The summed E-state index contributed by atoms with van der Waals surface area (Å²) in [6.07, 6.45) is 2.60. The van der Waals surface area contributed by atoms with Crippen LogP contribution in [0.3, 0.4) is 0 Å². The fourth-order valence-electron chi connectivity index (χ4n) is 4.24. The van der Waals surface area contributed by atoms with Crippen molar-refractivity contribution in [3.8, 4) is 5.75 Å². The Hall–Kier alpha value is -3.47. The van der Waals surface area contributed by atoms with E-state index >= 15 is 0 Å². The number of carbonyl (C=O) groups is 2. The molecular formula is C22H24F2N4O5. The second-order valence-electron chi connectivity index (χ2n) is 8.22. The molecule has 1 fully saturated rings. The summed E-state index contributed by atoms with van der Waals surface area (Å²) in [4.78, 5) is 40.2. The topological polar surface area (TPSA) is 104 Å². The van der Waals surface area contributed by atoms with Crippen molar-refractivity contribution in [3.63, 3.8) is 0 Å². The number of fused-ring (bicyclic) bond motifs is 4. The van der Waals surface area contributed by atoms with E-state index in [0.717, 1.165) is 6.07 Å². The van der Waals surface area contributed by atoms with E-state index in [1.54, 1.807) is 17.0 Å². The molecule has 2 aliphatic heterocycles. The highest BCUT2D eigenvalue weighted by atomic mass is 19.1. The lowest BCUT2D eigenvalue weighted by Crippen LogP contribution is -2.58. The lowest BCUT2D eigenvalue weighted by atomic mass is 10.1. The van der Waals surface area contributed by atoms with Crippen LogP contribution in [0.25, 0.3) is 0 Å². The molecule has 1 aromatic carbocycles. The van der Waals surface area contributed by atoms with Crippen molar-refractivity contribution in [1.29, 1.82) is 0 Å². The van der Waals surface area contributed by atoms with Crippen molar-refractivity contribution in [2.45, 2.75) is 38.4 Å². The molecule has 1 saturated heterocycles. The van der Waals surface area contributed by atoms with Crippen molar-refractivity contribution in [3.05, 3.63) is 63.1 Å². The fraction of sp³-hybridized carbons (Fsp3) is 0.409. The van der Waals surface area contributed by atoms with E-state index in [0.29, 0.717) is 25.5 Å². The van der Waals surface area contributed by atoms with Crippen molar-refractivity contribution in [2.75, 3.05) is 25.4 Å². The van der Waals surface area contributed by atoms with Gasteiger partial charge in [-0.2, -0.15) is 0 Å². The van der Waals surface area contributed by atoms with Crippen molar-refractivity contribution in [2.24, 2.45) is 0 Å². The van der Waals surface area contributed by atoms with Crippen molar-refractivity contribution < 1.29 is 28.2 Å². The summed E-state index contributed by atoms with van der Waals surface area (Å²) in [6, 6.07) is 2.65. The zero-order valence-electron chi connectivity index (χ0n) is 18.2. The van der Waals surface area contributed by atoms with Gasteiger partial charge >= 0.3 is 0 Å². The number of nitrogens with zero attached hydrogens (tertiary/aromatic N) is 3. The van der Waals surface area contributed by atoms with Gasteiger partial charge in [-0.1, -0.05) is 6.07 Å². The first-order valence-electron chi connectivity index (χ1n) is 10.5. The molecule has 3 heterocycles. The number of benzene rings is 1. The number of ether oxygens (including phenoxy) is 1. The maximum absolute atomic E-state index is 13.9. The Morgan fingerprint density at radius 2 is 2.03 bits per heavy atom. The Morgan fingerprint density at radius 1 is 1.27 bits per heavy atom. The summed E-state index contributed by atoms with van der Waals surface area (Å²) in [7, 11) is 1.55. The molecular weight excluding hydrogens is 438 g/mol. The number of methoxy groups -OCH3 is 1. The van der Waals surface area contributed by atoms with Gasteiger partial charge in [-0.05, 0) is 25.8 Å². The van der Waals surface area contributed by atoms with E-state index in [4.69, 9.17) is 4.74 Å². The maximum atomic E-state index is 13.9. The minimum Gasteiger partial charge on any atom is -0.502 e. The van der Waals surface area contributed by atoms with Gasteiger partial charge in [0.15, 0.2) is 11.4 Å². The monoisotopic (exact) mass is 462 g/mol. The molecule has 0 radical (unpaired) electrons. The summed E-state index contributed by atoms with van der Waals surface area (Å²) in [5.41, 5.74) is -1.61.